The van der Waals surface area contributed by atoms with Crippen LogP contribution in [-0.4, -0.2) is 53.2 Å². The van der Waals surface area contributed by atoms with Crippen LogP contribution in [0.3, 0.4) is 0 Å². The van der Waals surface area contributed by atoms with Gasteiger partial charge in [-0.2, -0.15) is 0 Å². The first-order valence-electron chi connectivity index (χ1n) is 11.6. The van der Waals surface area contributed by atoms with E-state index >= 15 is 0 Å². The molecule has 184 valence electrons. The molecule has 1 saturated heterocycles. The van der Waals surface area contributed by atoms with Crippen molar-refractivity contribution < 1.29 is 9.13 Å². The van der Waals surface area contributed by atoms with Crippen molar-refractivity contribution in [3.63, 3.8) is 0 Å². The molecule has 0 amide bonds. The van der Waals surface area contributed by atoms with E-state index in [4.69, 9.17) is 9.73 Å². The summed E-state index contributed by atoms with van der Waals surface area (Å²) < 4.78 is 21.2. The van der Waals surface area contributed by atoms with E-state index in [-0.39, 0.29) is 29.8 Å². The summed E-state index contributed by atoms with van der Waals surface area (Å²) >= 11 is 0. The molecule has 0 aliphatic carbocycles. The van der Waals surface area contributed by atoms with Crippen LogP contribution in [0.15, 0.2) is 35.6 Å². The molecule has 1 aliphatic heterocycles. The van der Waals surface area contributed by atoms with E-state index in [0.29, 0.717) is 24.3 Å². The average Bonchev–Trinajstić information content (AvgIpc) is 3.20. The van der Waals surface area contributed by atoms with Gasteiger partial charge in [0, 0.05) is 51.2 Å². The predicted octanol–water partition coefficient (Wildman–Crippen LogP) is 4.02. The van der Waals surface area contributed by atoms with Crippen LogP contribution >= 0.6 is 24.0 Å². The van der Waals surface area contributed by atoms with Gasteiger partial charge in [0.25, 0.3) is 0 Å². The van der Waals surface area contributed by atoms with E-state index in [1.807, 2.05) is 18.5 Å². The number of hydrogen-bond donors (Lipinski definition) is 2. The van der Waals surface area contributed by atoms with Crippen LogP contribution in [-0.2, 0) is 19.6 Å². The molecule has 33 heavy (non-hydrogen) atoms. The Hall–Kier alpha value is -1.88. The highest BCUT2D eigenvalue weighted by Crippen LogP contribution is 2.20. The fourth-order valence-corrected chi connectivity index (χ4v) is 4.02. The molecule has 2 heterocycles. The molecule has 0 unspecified atom stereocenters. The molecule has 2 N–H and O–H groups in total. The molecule has 1 aliphatic rings. The number of rotatable bonds is 9. The third-order valence-electron chi connectivity index (χ3n) is 5.64. The maximum Gasteiger partial charge on any atom is 0.191 e. The summed E-state index contributed by atoms with van der Waals surface area (Å²) in [4.78, 5) is 11.6. The van der Waals surface area contributed by atoms with Crippen LogP contribution in [0.5, 0.6) is 5.75 Å². The number of likely N-dealkylation sites (tertiary alicyclic amines) is 1. The van der Waals surface area contributed by atoms with E-state index in [9.17, 15) is 4.39 Å². The molecule has 0 spiro atoms. The van der Waals surface area contributed by atoms with E-state index in [2.05, 4.69) is 45.9 Å². The quantitative estimate of drug-likeness (QED) is 0.270. The van der Waals surface area contributed by atoms with Gasteiger partial charge in [0.2, 0.25) is 0 Å². The third-order valence-corrected chi connectivity index (χ3v) is 5.64. The maximum atomic E-state index is 14.0. The molecule has 1 aromatic heterocycles. The molecule has 1 aromatic carbocycles. The second-order valence-electron chi connectivity index (χ2n) is 8.75. The molecular formula is C24H38FIN6O. The topological polar surface area (TPSA) is 66.7 Å². The van der Waals surface area contributed by atoms with Crippen LogP contribution in [0, 0.1) is 11.7 Å². The number of aliphatic imine (C=N–C) groups is 1. The number of piperidine rings is 1. The van der Waals surface area contributed by atoms with Crippen molar-refractivity contribution in [1.82, 2.24) is 25.1 Å². The number of aromatic nitrogens is 2. The second-order valence-corrected chi connectivity index (χ2v) is 8.75. The lowest BCUT2D eigenvalue weighted by atomic mass is 10.0. The smallest absolute Gasteiger partial charge is 0.191 e. The summed E-state index contributed by atoms with van der Waals surface area (Å²) in [7, 11) is 1.49. The molecule has 0 bridgehead atoms. The summed E-state index contributed by atoms with van der Waals surface area (Å²) in [5, 5.41) is 6.94. The van der Waals surface area contributed by atoms with E-state index in [1.54, 1.807) is 12.1 Å². The Labute approximate surface area is 214 Å². The SMILES string of the molecule is CCNC(=NCc1nccn1CC(C)C)NC1CCN(Cc2ccc(OC)c(F)c2)CC1.I. The number of methoxy groups -OCH3 is 1. The van der Waals surface area contributed by atoms with E-state index in [1.165, 1.54) is 7.11 Å². The summed E-state index contributed by atoms with van der Waals surface area (Å²) in [5.74, 6) is 2.37. The zero-order valence-corrected chi connectivity index (χ0v) is 22.5. The van der Waals surface area contributed by atoms with Gasteiger partial charge in [-0.15, -0.1) is 24.0 Å². The van der Waals surface area contributed by atoms with Crippen molar-refractivity contribution in [1.29, 1.82) is 0 Å². The first-order valence-corrected chi connectivity index (χ1v) is 11.6. The lowest BCUT2D eigenvalue weighted by Crippen LogP contribution is -2.48. The van der Waals surface area contributed by atoms with Crippen molar-refractivity contribution in [2.75, 3.05) is 26.7 Å². The lowest BCUT2D eigenvalue weighted by molar-refractivity contribution is 0.198. The fraction of sp³-hybridized carbons (Fsp3) is 0.583. The molecule has 7 nitrogen and oxygen atoms in total. The van der Waals surface area contributed by atoms with Crippen LogP contribution in [0.2, 0.25) is 0 Å². The number of guanidine groups is 1. The van der Waals surface area contributed by atoms with Crippen molar-refractivity contribution in [2.45, 2.75) is 59.3 Å². The monoisotopic (exact) mass is 572 g/mol. The van der Waals surface area contributed by atoms with Gasteiger partial charge in [0.15, 0.2) is 17.5 Å². The molecule has 0 radical (unpaired) electrons. The minimum Gasteiger partial charge on any atom is -0.494 e. The number of hydrogen-bond acceptors (Lipinski definition) is 4. The molecular weight excluding hydrogens is 534 g/mol. The Kier molecular flexibility index (Phi) is 11.4. The van der Waals surface area contributed by atoms with E-state index < -0.39 is 0 Å². The van der Waals surface area contributed by atoms with Crippen molar-refractivity contribution in [3.05, 3.63) is 47.8 Å². The van der Waals surface area contributed by atoms with Gasteiger partial charge in [-0.1, -0.05) is 19.9 Å². The summed E-state index contributed by atoms with van der Waals surface area (Å²) in [5.41, 5.74) is 0.974. The highest BCUT2D eigenvalue weighted by Gasteiger charge is 2.20. The largest absolute Gasteiger partial charge is 0.494 e. The highest BCUT2D eigenvalue weighted by molar-refractivity contribution is 14.0. The Bertz CT molecular complexity index is 880. The number of nitrogens with zero attached hydrogens (tertiary/aromatic N) is 4. The first kappa shape index (κ1) is 27.4. The average molecular weight is 573 g/mol. The van der Waals surface area contributed by atoms with Gasteiger partial charge in [-0.05, 0) is 43.4 Å². The Morgan fingerprint density at radius 1 is 1.30 bits per heavy atom. The van der Waals surface area contributed by atoms with Crippen LogP contribution in [0.4, 0.5) is 4.39 Å². The lowest BCUT2D eigenvalue weighted by Gasteiger charge is -2.33. The van der Waals surface area contributed by atoms with Gasteiger partial charge in [0.1, 0.15) is 12.4 Å². The molecule has 2 aromatic rings. The third kappa shape index (κ3) is 8.44. The first-order chi connectivity index (χ1) is 15.5. The Balaban J connectivity index is 0.00000385. The van der Waals surface area contributed by atoms with Crippen LogP contribution < -0.4 is 15.4 Å². The zero-order chi connectivity index (χ0) is 22.9. The Morgan fingerprint density at radius 3 is 2.70 bits per heavy atom. The van der Waals surface area contributed by atoms with Crippen LogP contribution in [0.25, 0.3) is 0 Å². The molecule has 1 fully saturated rings. The molecule has 0 atom stereocenters. The van der Waals surface area contributed by atoms with Gasteiger partial charge in [0.05, 0.1) is 7.11 Å². The molecule has 9 heteroatoms. The number of nitrogens with one attached hydrogen (secondary N) is 2. The van der Waals surface area contributed by atoms with Gasteiger partial charge in [-0.3, -0.25) is 4.90 Å². The minimum atomic E-state index is -0.304. The maximum absolute atomic E-state index is 14.0. The summed E-state index contributed by atoms with van der Waals surface area (Å²) in [6.45, 7) is 11.5. The summed E-state index contributed by atoms with van der Waals surface area (Å²) in [6, 6.07) is 5.57. The normalized spacial score (nSPS) is 15.4. The molecule has 3 rings (SSSR count). The molecule has 0 saturated carbocycles. The van der Waals surface area contributed by atoms with E-state index in [0.717, 1.165) is 62.9 Å². The minimum absolute atomic E-state index is 0. The number of benzene rings is 1. The second kappa shape index (κ2) is 13.7. The van der Waals surface area contributed by atoms with Crippen molar-refractivity contribution in [2.24, 2.45) is 10.9 Å². The summed E-state index contributed by atoms with van der Waals surface area (Å²) in [6.07, 6.45) is 5.91. The standard InChI is InChI=1S/C24H37FN6O.HI/c1-5-26-24(28-15-23-27-10-13-31(23)16-18(2)3)29-20-8-11-30(12-9-20)17-19-6-7-22(32-4)21(25)14-19;/h6-7,10,13-14,18,20H,5,8-9,11-12,15-17H2,1-4H3,(H2,26,28,29);1H. The number of imidazole rings is 1. The number of halogens is 2. The van der Waals surface area contributed by atoms with Crippen molar-refractivity contribution >= 4 is 29.9 Å². The van der Waals surface area contributed by atoms with Crippen LogP contribution in [0.1, 0.15) is 45.0 Å². The zero-order valence-electron chi connectivity index (χ0n) is 20.2. The van der Waals surface area contributed by atoms with Gasteiger partial charge in [-0.25, -0.2) is 14.4 Å². The Morgan fingerprint density at radius 2 is 2.06 bits per heavy atom. The number of ether oxygens (including phenoxy) is 1. The van der Waals surface area contributed by atoms with Gasteiger partial charge < -0.3 is 19.9 Å². The van der Waals surface area contributed by atoms with Gasteiger partial charge >= 0.3 is 0 Å². The predicted molar refractivity (Wildman–Crippen MR) is 142 cm³/mol. The fourth-order valence-electron chi connectivity index (χ4n) is 4.02. The highest BCUT2D eigenvalue weighted by atomic mass is 127. The van der Waals surface area contributed by atoms with Crippen molar-refractivity contribution in [3.8, 4) is 5.75 Å².